The van der Waals surface area contributed by atoms with Gasteiger partial charge in [-0.05, 0) is 76.4 Å². The Hall–Kier alpha value is -4.23. The molecular weight excluding hydrogens is 537 g/mol. The number of nitrogens with zero attached hydrogens (tertiary/aromatic N) is 3. The van der Waals surface area contributed by atoms with Gasteiger partial charge in [-0.3, -0.25) is 14.4 Å². The number of carbonyl (C=O) groups excluding carboxylic acids is 2. The van der Waals surface area contributed by atoms with E-state index in [9.17, 15) is 24.0 Å². The molecule has 2 amide bonds. The second-order valence-corrected chi connectivity index (χ2v) is 10.8. The van der Waals surface area contributed by atoms with Crippen molar-refractivity contribution in [3.8, 4) is 17.6 Å². The lowest BCUT2D eigenvalue weighted by atomic mass is 9.84. The molecule has 1 saturated heterocycles. The number of hydrogen-bond donors (Lipinski definition) is 2. The molecule has 1 unspecified atom stereocenters. The highest BCUT2D eigenvalue weighted by Crippen LogP contribution is 2.43. The second-order valence-electron chi connectivity index (χ2n) is 10.4. The fourth-order valence-electron chi connectivity index (χ4n) is 4.91. The normalized spacial score (nSPS) is 17.7. The highest BCUT2D eigenvalue weighted by atomic mass is 35.5. The number of ether oxygens (including phenoxy) is 1. The van der Waals surface area contributed by atoms with E-state index in [1.54, 1.807) is 44.7 Å². The maximum absolute atomic E-state index is 14.8. The van der Waals surface area contributed by atoms with E-state index in [2.05, 4.69) is 21.6 Å². The number of likely N-dealkylation sites (tertiary alicyclic amines) is 1. The van der Waals surface area contributed by atoms with E-state index in [0.717, 1.165) is 11.6 Å². The van der Waals surface area contributed by atoms with Gasteiger partial charge in [0, 0.05) is 16.7 Å². The summed E-state index contributed by atoms with van der Waals surface area (Å²) in [6.45, 7) is 6.76. The van der Waals surface area contributed by atoms with Crippen molar-refractivity contribution in [3.63, 3.8) is 0 Å². The van der Waals surface area contributed by atoms with Crippen LogP contribution in [0.5, 0.6) is 11.5 Å². The van der Waals surface area contributed by atoms with E-state index in [-0.39, 0.29) is 35.1 Å². The van der Waals surface area contributed by atoms with Crippen molar-refractivity contribution < 1.29 is 18.7 Å². The lowest BCUT2D eigenvalue weighted by Crippen LogP contribution is -2.52. The minimum absolute atomic E-state index is 0.0361. The highest BCUT2D eigenvalue weighted by Gasteiger charge is 2.46. The van der Waals surface area contributed by atoms with E-state index in [4.69, 9.17) is 16.3 Å². The Labute approximate surface area is 235 Å². The Morgan fingerprint density at radius 1 is 1.23 bits per heavy atom. The van der Waals surface area contributed by atoms with E-state index in [1.807, 2.05) is 12.1 Å². The van der Waals surface area contributed by atoms with Crippen molar-refractivity contribution in [1.82, 2.24) is 20.4 Å². The van der Waals surface area contributed by atoms with Crippen LogP contribution in [0.15, 0.2) is 53.3 Å². The van der Waals surface area contributed by atoms with Crippen LogP contribution in [0.3, 0.4) is 0 Å². The zero-order valence-electron chi connectivity index (χ0n) is 22.5. The first-order chi connectivity index (χ1) is 18.9. The van der Waals surface area contributed by atoms with Gasteiger partial charge in [0.1, 0.15) is 6.04 Å². The molecule has 11 heteroatoms. The molecular formula is C29H29ClFN5O4. The number of aromatic nitrogens is 2. The number of aromatic amines is 1. The Morgan fingerprint density at radius 2 is 1.98 bits per heavy atom. The van der Waals surface area contributed by atoms with Gasteiger partial charge < -0.3 is 15.0 Å². The van der Waals surface area contributed by atoms with Crippen LogP contribution in [-0.4, -0.2) is 39.0 Å². The van der Waals surface area contributed by atoms with Crippen molar-refractivity contribution in [1.29, 1.82) is 5.26 Å². The number of nitriles is 1. The van der Waals surface area contributed by atoms with Gasteiger partial charge in [0.05, 0.1) is 29.3 Å². The van der Waals surface area contributed by atoms with Gasteiger partial charge in [-0.15, -0.1) is 0 Å². The molecule has 0 bridgehead atoms. The quantitative estimate of drug-likeness (QED) is 0.412. The summed E-state index contributed by atoms with van der Waals surface area (Å²) >= 11 is 6.21. The maximum atomic E-state index is 14.8. The average Bonchev–Trinajstić information content (AvgIpc) is 3.37. The second kappa shape index (κ2) is 11.5. The number of halogens is 2. The van der Waals surface area contributed by atoms with Gasteiger partial charge in [0.15, 0.2) is 17.3 Å². The molecule has 9 nitrogen and oxygen atoms in total. The molecule has 2 aromatic carbocycles. The molecule has 0 radical (unpaired) electrons. The molecule has 3 atom stereocenters. The standard InChI is InChI=1S/C29H29ClFN5O4/c1-16-12-24(27(38)35-34-16)40-23-10-8-19(14-21(23)31)26(37)33-17(2)28(39)36-22(18-6-5-7-20(30)13-18)9-11-25(36)29(3,4)15-32/h5-8,10,12-14,17,22,25H,9,11H2,1-4H3,(H,33,37)(H,35,38)/t17-,22+,25?/m1/s1. The van der Waals surface area contributed by atoms with Crippen molar-refractivity contribution >= 4 is 23.4 Å². The van der Waals surface area contributed by atoms with Crippen LogP contribution in [-0.2, 0) is 4.79 Å². The smallest absolute Gasteiger partial charge is 0.307 e. The molecule has 0 aliphatic carbocycles. The largest absolute Gasteiger partial charge is 0.448 e. The topological polar surface area (TPSA) is 128 Å². The van der Waals surface area contributed by atoms with Crippen LogP contribution in [0.25, 0.3) is 0 Å². The third kappa shape index (κ3) is 6.00. The molecule has 208 valence electrons. The summed E-state index contributed by atoms with van der Waals surface area (Å²) < 4.78 is 20.2. The number of rotatable bonds is 7. The van der Waals surface area contributed by atoms with Crippen molar-refractivity contribution in [2.45, 2.75) is 58.7 Å². The van der Waals surface area contributed by atoms with E-state index < -0.39 is 28.7 Å². The Bertz CT molecular complexity index is 1550. The Balaban J connectivity index is 1.53. The predicted molar refractivity (Wildman–Crippen MR) is 146 cm³/mol. The summed E-state index contributed by atoms with van der Waals surface area (Å²) in [5.41, 5.74) is -0.181. The maximum Gasteiger partial charge on any atom is 0.307 e. The van der Waals surface area contributed by atoms with Crippen LogP contribution in [0.1, 0.15) is 61.3 Å². The molecule has 4 rings (SSSR count). The van der Waals surface area contributed by atoms with Crippen molar-refractivity contribution in [2.75, 3.05) is 0 Å². The minimum atomic E-state index is -0.971. The average molecular weight is 566 g/mol. The fourth-order valence-corrected chi connectivity index (χ4v) is 5.11. The minimum Gasteiger partial charge on any atom is -0.448 e. The summed E-state index contributed by atoms with van der Waals surface area (Å²) in [6.07, 6.45) is 1.24. The molecule has 3 aromatic rings. The van der Waals surface area contributed by atoms with Crippen molar-refractivity contribution in [2.24, 2.45) is 5.41 Å². The number of nitrogens with one attached hydrogen (secondary N) is 2. The molecule has 1 aliphatic heterocycles. The van der Waals surface area contributed by atoms with Crippen LogP contribution in [0.4, 0.5) is 4.39 Å². The molecule has 2 N–H and O–H groups in total. The number of H-pyrrole nitrogens is 1. The summed E-state index contributed by atoms with van der Waals surface area (Å²) in [6, 6.07) is 12.8. The molecule has 2 heterocycles. The van der Waals surface area contributed by atoms with Crippen LogP contribution >= 0.6 is 11.6 Å². The zero-order valence-corrected chi connectivity index (χ0v) is 23.3. The summed E-state index contributed by atoms with van der Waals surface area (Å²) in [4.78, 5) is 40.4. The fraction of sp³-hybridized carbons (Fsp3) is 0.345. The van der Waals surface area contributed by atoms with E-state index >= 15 is 0 Å². The highest BCUT2D eigenvalue weighted by molar-refractivity contribution is 6.30. The lowest BCUT2D eigenvalue weighted by Gasteiger charge is -2.38. The SMILES string of the molecule is Cc1cc(Oc2ccc(C(=O)N[C@H](C)C(=O)N3C(C(C)(C)C#N)CC[C@H]3c3cccc(Cl)c3)cc2F)c(=O)[nH]n1. The summed E-state index contributed by atoms with van der Waals surface area (Å²) in [5.74, 6) is -2.29. The zero-order chi connectivity index (χ0) is 29.2. The summed E-state index contributed by atoms with van der Waals surface area (Å²) in [7, 11) is 0. The third-order valence-corrected chi connectivity index (χ3v) is 7.26. The number of carbonyl (C=O) groups is 2. The Morgan fingerprint density at radius 3 is 2.65 bits per heavy atom. The van der Waals surface area contributed by atoms with Crippen LogP contribution in [0.2, 0.25) is 5.02 Å². The molecule has 0 spiro atoms. The van der Waals surface area contributed by atoms with Crippen LogP contribution in [0, 0.1) is 29.5 Å². The number of benzene rings is 2. The van der Waals surface area contributed by atoms with Gasteiger partial charge in [-0.1, -0.05) is 23.7 Å². The Kier molecular flexibility index (Phi) is 8.26. The number of hydrogen-bond acceptors (Lipinski definition) is 6. The van der Waals surface area contributed by atoms with Gasteiger partial charge in [0.25, 0.3) is 5.91 Å². The molecule has 1 aliphatic rings. The van der Waals surface area contributed by atoms with Crippen LogP contribution < -0.4 is 15.6 Å². The number of amides is 2. The monoisotopic (exact) mass is 565 g/mol. The number of aryl methyl sites for hydroxylation is 1. The molecule has 1 aromatic heterocycles. The van der Waals surface area contributed by atoms with E-state index in [1.165, 1.54) is 18.2 Å². The van der Waals surface area contributed by atoms with Crippen molar-refractivity contribution in [3.05, 3.63) is 86.5 Å². The summed E-state index contributed by atoms with van der Waals surface area (Å²) in [5, 5.41) is 19.0. The molecule has 0 saturated carbocycles. The predicted octanol–water partition coefficient (Wildman–Crippen LogP) is 5.06. The van der Waals surface area contributed by atoms with Gasteiger partial charge >= 0.3 is 5.56 Å². The first kappa shape index (κ1) is 28.8. The first-order valence-corrected chi connectivity index (χ1v) is 13.1. The van der Waals surface area contributed by atoms with Gasteiger partial charge in [-0.2, -0.15) is 10.4 Å². The lowest BCUT2D eigenvalue weighted by molar-refractivity contribution is -0.137. The van der Waals surface area contributed by atoms with E-state index in [0.29, 0.717) is 23.6 Å². The molecule has 1 fully saturated rings. The molecule has 40 heavy (non-hydrogen) atoms. The first-order valence-electron chi connectivity index (χ1n) is 12.7. The third-order valence-electron chi connectivity index (χ3n) is 7.02. The van der Waals surface area contributed by atoms with Gasteiger partial charge in [0.2, 0.25) is 5.91 Å². The van der Waals surface area contributed by atoms with Gasteiger partial charge in [-0.25, -0.2) is 9.49 Å².